The van der Waals surface area contributed by atoms with Crippen LogP contribution in [0.2, 0.25) is 0 Å². The van der Waals surface area contributed by atoms with Crippen molar-refractivity contribution in [3.63, 3.8) is 0 Å². The number of benzene rings is 1. The van der Waals surface area contributed by atoms with Gasteiger partial charge in [-0.15, -0.1) is 0 Å². The molecule has 0 aliphatic carbocycles. The lowest BCUT2D eigenvalue weighted by Crippen LogP contribution is -2.11. The Morgan fingerprint density at radius 1 is 1.20 bits per heavy atom. The second kappa shape index (κ2) is 15.5. The van der Waals surface area contributed by atoms with Gasteiger partial charge >= 0.3 is 0 Å². The number of carbonyl (C=O) groups excluding carboxylic acids is 2. The fourth-order valence-electron chi connectivity index (χ4n) is 1.33. The molecular formula is C16H27NO3. The van der Waals surface area contributed by atoms with Crippen molar-refractivity contribution >= 4 is 12.6 Å². The number of hydrogen-bond donors (Lipinski definition) is 1. The molecule has 0 spiro atoms. The number of aldehydes is 2. The molecule has 0 bridgehead atoms. The monoisotopic (exact) mass is 281 g/mol. The summed E-state index contributed by atoms with van der Waals surface area (Å²) in [6.45, 7) is 8.15. The lowest BCUT2D eigenvalue weighted by molar-refractivity contribution is -0.122. The normalized spacial score (nSPS) is 8.65. The Bertz CT molecular complexity index is 357. The maximum absolute atomic E-state index is 8.81. The van der Waals surface area contributed by atoms with Gasteiger partial charge in [0, 0.05) is 13.7 Å². The summed E-state index contributed by atoms with van der Waals surface area (Å²) >= 11 is 0. The van der Waals surface area contributed by atoms with Gasteiger partial charge in [-0.05, 0) is 51.9 Å². The van der Waals surface area contributed by atoms with Crippen LogP contribution in [0, 0.1) is 13.8 Å². The van der Waals surface area contributed by atoms with Crippen molar-refractivity contribution < 1.29 is 14.3 Å². The molecule has 0 fully saturated rings. The predicted octanol–water partition coefficient (Wildman–Crippen LogP) is 2.10. The highest BCUT2D eigenvalue weighted by atomic mass is 16.5. The summed E-state index contributed by atoms with van der Waals surface area (Å²) < 4.78 is 4.54. The number of hydrogen-bond acceptors (Lipinski definition) is 4. The van der Waals surface area contributed by atoms with Crippen LogP contribution in [-0.4, -0.2) is 39.9 Å². The molecule has 1 rings (SSSR count). The van der Waals surface area contributed by atoms with E-state index in [1.807, 2.05) is 14.0 Å². The lowest BCUT2D eigenvalue weighted by atomic mass is 10.0. The SMILES string of the molecule is CCOC.CNCCc1cc(C)ccc1C.O=CC=O. The van der Waals surface area contributed by atoms with Crippen LogP contribution in [0.4, 0.5) is 0 Å². The molecule has 0 aliphatic heterocycles. The largest absolute Gasteiger partial charge is 0.385 e. The Hall–Kier alpha value is -1.52. The van der Waals surface area contributed by atoms with E-state index in [2.05, 4.69) is 42.1 Å². The first kappa shape index (κ1) is 20.8. The minimum Gasteiger partial charge on any atom is -0.385 e. The number of carbonyl (C=O) groups is 2. The first-order valence-electron chi connectivity index (χ1n) is 6.65. The molecule has 20 heavy (non-hydrogen) atoms. The molecule has 4 heteroatoms. The van der Waals surface area contributed by atoms with Gasteiger partial charge in [-0.25, -0.2) is 0 Å². The number of methoxy groups -OCH3 is 1. The molecule has 114 valence electrons. The number of nitrogens with one attached hydrogen (secondary N) is 1. The molecule has 0 radical (unpaired) electrons. The summed E-state index contributed by atoms with van der Waals surface area (Å²) in [6, 6.07) is 6.63. The molecule has 1 N–H and O–H groups in total. The van der Waals surface area contributed by atoms with Crippen LogP contribution in [0.15, 0.2) is 18.2 Å². The topological polar surface area (TPSA) is 55.4 Å². The summed E-state index contributed by atoms with van der Waals surface area (Å²) in [5.74, 6) is 0. The van der Waals surface area contributed by atoms with Crippen LogP contribution in [0.1, 0.15) is 23.6 Å². The fraction of sp³-hybridized carbons (Fsp3) is 0.500. The van der Waals surface area contributed by atoms with E-state index in [-0.39, 0.29) is 12.6 Å². The van der Waals surface area contributed by atoms with E-state index in [1.165, 1.54) is 16.7 Å². The summed E-state index contributed by atoms with van der Waals surface area (Å²) in [7, 11) is 3.67. The zero-order valence-electron chi connectivity index (χ0n) is 13.2. The second-order valence-electron chi connectivity index (χ2n) is 4.13. The van der Waals surface area contributed by atoms with Crippen molar-refractivity contribution in [3.05, 3.63) is 34.9 Å². The van der Waals surface area contributed by atoms with E-state index in [9.17, 15) is 0 Å². The van der Waals surface area contributed by atoms with Crippen molar-refractivity contribution in [2.24, 2.45) is 0 Å². The molecule has 0 aliphatic rings. The maximum atomic E-state index is 8.81. The van der Waals surface area contributed by atoms with Crippen LogP contribution in [0.5, 0.6) is 0 Å². The first-order valence-corrected chi connectivity index (χ1v) is 6.65. The van der Waals surface area contributed by atoms with E-state index in [0.29, 0.717) is 0 Å². The molecule has 0 amide bonds. The molecule has 1 aromatic carbocycles. The zero-order valence-corrected chi connectivity index (χ0v) is 13.2. The number of ether oxygens (including phenoxy) is 1. The second-order valence-corrected chi connectivity index (χ2v) is 4.13. The standard InChI is InChI=1S/C11H17N.C3H8O.C2H2O2/c1-9-4-5-10(2)11(8-9)6-7-12-3;1-3-4-2;3-1-2-4/h4-5,8,12H,6-7H2,1-3H3;3H2,1-2H3;1-2H. The van der Waals surface area contributed by atoms with Gasteiger partial charge in [0.1, 0.15) is 0 Å². The minimum absolute atomic E-state index is 0.194. The predicted molar refractivity (Wildman–Crippen MR) is 83.2 cm³/mol. The Kier molecular flexibility index (Phi) is 16.2. The lowest BCUT2D eigenvalue weighted by Gasteiger charge is -2.05. The Labute approximate surface area is 122 Å². The summed E-state index contributed by atoms with van der Waals surface area (Å²) in [4.78, 5) is 17.6. The molecule has 0 aromatic heterocycles. The molecule has 0 atom stereocenters. The van der Waals surface area contributed by atoms with Crippen LogP contribution in [0.25, 0.3) is 0 Å². The molecule has 0 heterocycles. The van der Waals surface area contributed by atoms with Gasteiger partial charge in [0.15, 0.2) is 12.6 Å². The van der Waals surface area contributed by atoms with Gasteiger partial charge in [-0.2, -0.15) is 0 Å². The van der Waals surface area contributed by atoms with E-state index in [0.717, 1.165) is 19.6 Å². The minimum atomic E-state index is 0.194. The average Bonchev–Trinajstić information content (AvgIpc) is 2.48. The van der Waals surface area contributed by atoms with Gasteiger partial charge in [0.25, 0.3) is 0 Å². The zero-order chi connectivity index (χ0) is 15.8. The molecule has 4 nitrogen and oxygen atoms in total. The molecule has 0 unspecified atom stereocenters. The first-order chi connectivity index (χ1) is 9.56. The van der Waals surface area contributed by atoms with Crippen molar-refractivity contribution in [1.82, 2.24) is 5.32 Å². The third-order valence-electron chi connectivity index (χ3n) is 2.49. The molecule has 0 saturated heterocycles. The Balaban J connectivity index is 0. The Morgan fingerprint density at radius 3 is 2.15 bits per heavy atom. The number of rotatable bonds is 5. The Morgan fingerprint density at radius 2 is 1.75 bits per heavy atom. The summed E-state index contributed by atoms with van der Waals surface area (Å²) in [5.41, 5.74) is 4.21. The van der Waals surface area contributed by atoms with Gasteiger partial charge in [-0.1, -0.05) is 23.8 Å². The smallest absolute Gasteiger partial charge is 0.182 e. The van der Waals surface area contributed by atoms with Crippen molar-refractivity contribution in [2.75, 3.05) is 27.3 Å². The third kappa shape index (κ3) is 12.9. The van der Waals surface area contributed by atoms with E-state index in [1.54, 1.807) is 7.11 Å². The van der Waals surface area contributed by atoms with E-state index >= 15 is 0 Å². The van der Waals surface area contributed by atoms with Crippen molar-refractivity contribution in [1.29, 1.82) is 0 Å². The highest BCUT2D eigenvalue weighted by Gasteiger charge is 1.96. The van der Waals surface area contributed by atoms with Crippen LogP contribution < -0.4 is 5.32 Å². The van der Waals surface area contributed by atoms with Crippen LogP contribution >= 0.6 is 0 Å². The summed E-state index contributed by atoms with van der Waals surface area (Å²) in [5, 5.41) is 3.16. The van der Waals surface area contributed by atoms with Gasteiger partial charge in [-0.3, -0.25) is 9.59 Å². The van der Waals surface area contributed by atoms with E-state index in [4.69, 9.17) is 9.59 Å². The van der Waals surface area contributed by atoms with E-state index < -0.39 is 0 Å². The van der Waals surface area contributed by atoms with Crippen LogP contribution in [0.3, 0.4) is 0 Å². The highest BCUT2D eigenvalue weighted by Crippen LogP contribution is 2.10. The van der Waals surface area contributed by atoms with Crippen molar-refractivity contribution in [3.8, 4) is 0 Å². The quantitative estimate of drug-likeness (QED) is 0.663. The average molecular weight is 281 g/mol. The third-order valence-corrected chi connectivity index (χ3v) is 2.49. The van der Waals surface area contributed by atoms with Crippen LogP contribution in [-0.2, 0) is 20.7 Å². The van der Waals surface area contributed by atoms with Gasteiger partial charge in [0.05, 0.1) is 0 Å². The maximum Gasteiger partial charge on any atom is 0.182 e. The number of likely N-dealkylation sites (N-methyl/N-ethyl adjacent to an activating group) is 1. The molecule has 0 saturated carbocycles. The highest BCUT2D eigenvalue weighted by molar-refractivity contribution is 6.09. The van der Waals surface area contributed by atoms with Gasteiger partial charge < -0.3 is 10.1 Å². The fourth-order valence-corrected chi connectivity index (χ4v) is 1.33. The van der Waals surface area contributed by atoms with Gasteiger partial charge in [0.2, 0.25) is 0 Å². The summed E-state index contributed by atoms with van der Waals surface area (Å²) in [6.07, 6.45) is 1.52. The number of aryl methyl sites for hydroxylation is 2. The molecule has 1 aromatic rings. The molecular weight excluding hydrogens is 254 g/mol. The van der Waals surface area contributed by atoms with Crippen molar-refractivity contribution in [2.45, 2.75) is 27.2 Å².